The van der Waals surface area contributed by atoms with Crippen molar-refractivity contribution < 1.29 is 4.74 Å². The van der Waals surface area contributed by atoms with E-state index >= 15 is 0 Å². The number of fused-ring (bicyclic) bond motifs is 3. The van der Waals surface area contributed by atoms with Gasteiger partial charge < -0.3 is 9.30 Å². The van der Waals surface area contributed by atoms with E-state index in [2.05, 4.69) is 16.6 Å². The number of halogens is 1. The van der Waals surface area contributed by atoms with E-state index in [9.17, 15) is 0 Å². The maximum Gasteiger partial charge on any atom is 0.159 e. The summed E-state index contributed by atoms with van der Waals surface area (Å²) in [5, 5.41) is 4.59. The first-order chi connectivity index (χ1) is 9.72. The van der Waals surface area contributed by atoms with Crippen LogP contribution < -0.4 is 0 Å². The maximum absolute atomic E-state index is 6.14. The van der Waals surface area contributed by atoms with Gasteiger partial charge in [-0.15, -0.1) is 11.6 Å². The molecular formula is C14H19ClN4O. The van der Waals surface area contributed by atoms with Gasteiger partial charge in [0.25, 0.3) is 0 Å². The fraction of sp³-hybridized carbons (Fsp3) is 0.714. The molecule has 6 heteroatoms. The molecule has 0 aromatic carbocycles. The number of nitrogens with zero attached hydrogens (tertiary/aromatic N) is 4. The van der Waals surface area contributed by atoms with Crippen LogP contribution >= 0.6 is 11.6 Å². The molecule has 0 aliphatic carbocycles. The van der Waals surface area contributed by atoms with Crippen molar-refractivity contribution in [2.75, 3.05) is 0 Å². The van der Waals surface area contributed by atoms with Crippen molar-refractivity contribution in [3.05, 3.63) is 11.5 Å². The smallest absolute Gasteiger partial charge is 0.159 e. The summed E-state index contributed by atoms with van der Waals surface area (Å²) in [4.78, 5) is 4.72. The van der Waals surface area contributed by atoms with Crippen molar-refractivity contribution in [2.24, 2.45) is 0 Å². The second-order valence-electron chi connectivity index (χ2n) is 5.78. The first-order valence-electron chi connectivity index (χ1n) is 7.38. The summed E-state index contributed by atoms with van der Waals surface area (Å²) in [6.07, 6.45) is 4.16. The maximum atomic E-state index is 6.14. The predicted molar refractivity (Wildman–Crippen MR) is 77.0 cm³/mol. The van der Waals surface area contributed by atoms with Crippen molar-refractivity contribution in [3.63, 3.8) is 0 Å². The molecule has 0 amide bonds. The van der Waals surface area contributed by atoms with E-state index < -0.39 is 0 Å². The Morgan fingerprint density at radius 2 is 2.25 bits per heavy atom. The SMILES string of the molecule is CCn1nc(C)c2nc(CCl)n(C3CC4CCC3O4)c21. The third kappa shape index (κ3) is 1.59. The van der Waals surface area contributed by atoms with Crippen molar-refractivity contribution >= 4 is 22.8 Å². The molecule has 108 valence electrons. The van der Waals surface area contributed by atoms with Gasteiger partial charge in [-0.2, -0.15) is 5.10 Å². The molecule has 0 N–H and O–H groups in total. The minimum absolute atomic E-state index is 0.319. The third-order valence-corrected chi connectivity index (χ3v) is 4.88. The molecule has 2 aliphatic rings. The van der Waals surface area contributed by atoms with Gasteiger partial charge in [-0.25, -0.2) is 9.67 Å². The van der Waals surface area contributed by atoms with Crippen molar-refractivity contribution in [1.29, 1.82) is 0 Å². The van der Waals surface area contributed by atoms with Gasteiger partial charge in [0.15, 0.2) is 5.65 Å². The van der Waals surface area contributed by atoms with Crippen LogP contribution in [-0.2, 0) is 17.2 Å². The average Bonchev–Trinajstić information content (AvgIpc) is 3.18. The van der Waals surface area contributed by atoms with Crippen LogP contribution in [0.1, 0.15) is 43.7 Å². The summed E-state index contributed by atoms with van der Waals surface area (Å²) < 4.78 is 10.4. The first-order valence-corrected chi connectivity index (χ1v) is 7.92. The molecule has 2 aromatic rings. The lowest BCUT2D eigenvalue weighted by atomic mass is 9.95. The second kappa shape index (κ2) is 4.46. The number of imidazole rings is 1. The van der Waals surface area contributed by atoms with E-state index in [0.29, 0.717) is 24.1 Å². The molecule has 3 atom stereocenters. The Labute approximate surface area is 122 Å². The standard InChI is InChI=1S/C14H19ClN4O/c1-3-18-14-13(8(2)17-18)16-12(7-15)19(14)10-6-9-4-5-11(10)20-9/h9-11H,3-7H2,1-2H3. The molecule has 2 fully saturated rings. The van der Waals surface area contributed by atoms with Crippen LogP contribution in [0.4, 0.5) is 0 Å². The fourth-order valence-corrected chi connectivity index (χ4v) is 3.97. The molecule has 4 heterocycles. The Hall–Kier alpha value is -1.07. The Bertz CT molecular complexity index is 662. The molecule has 5 nitrogen and oxygen atoms in total. The zero-order valence-electron chi connectivity index (χ0n) is 11.8. The lowest BCUT2D eigenvalue weighted by Crippen LogP contribution is -2.23. The van der Waals surface area contributed by atoms with Gasteiger partial charge in [0.05, 0.1) is 29.8 Å². The lowest BCUT2D eigenvalue weighted by Gasteiger charge is -2.23. The van der Waals surface area contributed by atoms with E-state index in [4.69, 9.17) is 21.3 Å². The van der Waals surface area contributed by atoms with Gasteiger partial charge in [-0.05, 0) is 33.1 Å². The number of aryl methyl sites for hydroxylation is 2. The summed E-state index contributed by atoms with van der Waals surface area (Å²) in [7, 11) is 0. The monoisotopic (exact) mass is 294 g/mol. The third-order valence-electron chi connectivity index (χ3n) is 4.64. The predicted octanol–water partition coefficient (Wildman–Crippen LogP) is 2.79. The molecule has 4 rings (SSSR count). The number of alkyl halides is 1. The summed E-state index contributed by atoms with van der Waals surface area (Å²) in [5.41, 5.74) is 3.09. The molecule has 0 radical (unpaired) electrons. The highest BCUT2D eigenvalue weighted by molar-refractivity contribution is 6.16. The Morgan fingerprint density at radius 3 is 2.85 bits per heavy atom. The molecule has 2 saturated heterocycles. The van der Waals surface area contributed by atoms with E-state index in [0.717, 1.165) is 42.1 Å². The van der Waals surface area contributed by atoms with Crippen LogP contribution in [0, 0.1) is 6.92 Å². The van der Waals surface area contributed by atoms with E-state index in [1.54, 1.807) is 0 Å². The highest BCUT2D eigenvalue weighted by Crippen LogP contribution is 2.43. The topological polar surface area (TPSA) is 44.9 Å². The molecular weight excluding hydrogens is 276 g/mol. The fourth-order valence-electron chi connectivity index (χ4n) is 3.78. The van der Waals surface area contributed by atoms with Crippen LogP contribution in [0.15, 0.2) is 0 Å². The van der Waals surface area contributed by atoms with Crippen LogP contribution in [-0.4, -0.2) is 31.5 Å². The van der Waals surface area contributed by atoms with Crippen LogP contribution in [0.2, 0.25) is 0 Å². The molecule has 2 aromatic heterocycles. The number of hydrogen-bond donors (Lipinski definition) is 0. The van der Waals surface area contributed by atoms with Crippen LogP contribution in [0.5, 0.6) is 0 Å². The Morgan fingerprint density at radius 1 is 1.40 bits per heavy atom. The Kier molecular flexibility index (Phi) is 2.82. The minimum atomic E-state index is 0.319. The Balaban J connectivity index is 1.92. The van der Waals surface area contributed by atoms with Crippen LogP contribution in [0.25, 0.3) is 11.2 Å². The van der Waals surface area contributed by atoms with E-state index in [1.807, 2.05) is 11.6 Å². The van der Waals surface area contributed by atoms with E-state index in [1.165, 1.54) is 6.42 Å². The zero-order chi connectivity index (χ0) is 13.9. The highest BCUT2D eigenvalue weighted by atomic mass is 35.5. The largest absolute Gasteiger partial charge is 0.373 e. The molecule has 2 aliphatic heterocycles. The number of aromatic nitrogens is 4. The van der Waals surface area contributed by atoms with Gasteiger partial charge >= 0.3 is 0 Å². The molecule has 2 bridgehead atoms. The number of rotatable bonds is 3. The highest BCUT2D eigenvalue weighted by Gasteiger charge is 2.43. The van der Waals surface area contributed by atoms with Gasteiger partial charge in [-0.1, -0.05) is 0 Å². The van der Waals surface area contributed by atoms with Crippen molar-refractivity contribution in [2.45, 2.75) is 63.8 Å². The quantitative estimate of drug-likeness (QED) is 0.818. The summed E-state index contributed by atoms with van der Waals surface area (Å²) in [5.74, 6) is 1.39. The van der Waals surface area contributed by atoms with Crippen molar-refractivity contribution in [1.82, 2.24) is 19.3 Å². The van der Waals surface area contributed by atoms with E-state index in [-0.39, 0.29) is 0 Å². The minimum Gasteiger partial charge on any atom is -0.373 e. The van der Waals surface area contributed by atoms with Gasteiger partial charge in [0, 0.05) is 6.54 Å². The van der Waals surface area contributed by atoms with Gasteiger partial charge in [0.1, 0.15) is 11.3 Å². The molecule has 20 heavy (non-hydrogen) atoms. The lowest BCUT2D eigenvalue weighted by molar-refractivity contribution is 0.0939. The molecule has 0 spiro atoms. The summed E-state index contributed by atoms with van der Waals surface area (Å²) in [6.45, 7) is 4.97. The zero-order valence-corrected chi connectivity index (χ0v) is 12.6. The second-order valence-corrected chi connectivity index (χ2v) is 6.05. The van der Waals surface area contributed by atoms with Gasteiger partial charge in [-0.3, -0.25) is 0 Å². The van der Waals surface area contributed by atoms with Crippen LogP contribution in [0.3, 0.4) is 0 Å². The summed E-state index contributed by atoms with van der Waals surface area (Å²) >= 11 is 6.14. The molecule has 0 saturated carbocycles. The average molecular weight is 295 g/mol. The van der Waals surface area contributed by atoms with Gasteiger partial charge in [0.2, 0.25) is 0 Å². The normalized spacial score (nSPS) is 28.9. The first kappa shape index (κ1) is 12.7. The number of hydrogen-bond acceptors (Lipinski definition) is 3. The van der Waals surface area contributed by atoms with Crippen molar-refractivity contribution in [3.8, 4) is 0 Å². The molecule has 3 unspecified atom stereocenters. The number of ether oxygens (including phenoxy) is 1. The summed E-state index contributed by atoms with van der Waals surface area (Å²) in [6, 6.07) is 0.369.